The predicted molar refractivity (Wildman–Crippen MR) is 114 cm³/mol. The van der Waals surface area contributed by atoms with Gasteiger partial charge in [-0.15, -0.1) is 24.8 Å². The molecule has 25 heavy (non-hydrogen) atoms. The number of hydrogen-bond acceptors (Lipinski definition) is 4. The number of halogens is 2. The molecule has 1 amide bonds. The quantitative estimate of drug-likeness (QED) is 0.608. The molecule has 7 heteroatoms. The van der Waals surface area contributed by atoms with Crippen LogP contribution in [0.15, 0.2) is 24.3 Å². The van der Waals surface area contributed by atoms with E-state index in [2.05, 4.69) is 22.3 Å². The van der Waals surface area contributed by atoms with Crippen molar-refractivity contribution in [3.63, 3.8) is 0 Å². The molecular weight excluding hydrogens is 377 g/mol. The summed E-state index contributed by atoms with van der Waals surface area (Å²) in [6, 6.07) is 8.18. The number of amides is 1. The van der Waals surface area contributed by atoms with Gasteiger partial charge in [0.2, 0.25) is 5.91 Å². The van der Waals surface area contributed by atoms with Gasteiger partial charge in [0, 0.05) is 43.2 Å². The molecule has 0 aliphatic carbocycles. The van der Waals surface area contributed by atoms with E-state index < -0.39 is 0 Å². The average Bonchev–Trinajstić information content (AvgIpc) is 2.57. The molecule has 0 aromatic heterocycles. The summed E-state index contributed by atoms with van der Waals surface area (Å²) in [5.74, 6) is 2.54. The Bertz CT molecular complexity index is 485. The Morgan fingerprint density at radius 1 is 1.08 bits per heavy atom. The lowest BCUT2D eigenvalue weighted by Gasteiger charge is -2.27. The van der Waals surface area contributed by atoms with Crippen LogP contribution in [0.4, 0.5) is 5.69 Å². The number of para-hydroxylation sites is 1. The number of nitrogens with two attached hydrogens (primary N) is 1. The lowest BCUT2D eigenvalue weighted by Crippen LogP contribution is -2.32. The SMILES string of the molecule is Cl.Cl.NCCCCCCC(=O)Nc1ccccc1CN1CCSCC1. The number of anilines is 1. The van der Waals surface area contributed by atoms with E-state index in [4.69, 9.17) is 5.73 Å². The maximum atomic E-state index is 12.1. The first kappa shape index (κ1) is 24.5. The second-order valence-corrected chi connectivity index (χ2v) is 7.27. The van der Waals surface area contributed by atoms with E-state index in [9.17, 15) is 4.79 Å². The van der Waals surface area contributed by atoms with Gasteiger partial charge < -0.3 is 11.1 Å². The molecule has 144 valence electrons. The zero-order valence-electron chi connectivity index (χ0n) is 14.7. The van der Waals surface area contributed by atoms with Crippen LogP contribution < -0.4 is 11.1 Å². The van der Waals surface area contributed by atoms with Crippen molar-refractivity contribution in [3.8, 4) is 0 Å². The molecule has 1 fully saturated rings. The first-order valence-corrected chi connectivity index (χ1v) is 9.83. The van der Waals surface area contributed by atoms with Crippen LogP contribution >= 0.6 is 36.6 Å². The molecule has 3 N–H and O–H groups in total. The molecule has 0 saturated carbocycles. The zero-order valence-corrected chi connectivity index (χ0v) is 17.2. The second kappa shape index (κ2) is 14.7. The fourth-order valence-corrected chi connectivity index (χ4v) is 3.76. The zero-order chi connectivity index (χ0) is 16.3. The third-order valence-electron chi connectivity index (χ3n) is 4.15. The number of benzene rings is 1. The Kier molecular flexibility index (Phi) is 14.4. The Balaban J connectivity index is 0.00000288. The third kappa shape index (κ3) is 9.71. The highest BCUT2D eigenvalue weighted by Gasteiger charge is 2.13. The number of nitrogens with zero attached hydrogens (tertiary/aromatic N) is 1. The predicted octanol–water partition coefficient (Wildman–Crippen LogP) is 3.93. The van der Waals surface area contributed by atoms with E-state index in [1.54, 1.807) is 0 Å². The average molecular weight is 408 g/mol. The maximum absolute atomic E-state index is 12.1. The fourth-order valence-electron chi connectivity index (χ4n) is 2.78. The molecule has 1 aliphatic heterocycles. The van der Waals surface area contributed by atoms with Gasteiger partial charge in [-0.1, -0.05) is 31.0 Å². The molecule has 0 unspecified atom stereocenters. The molecule has 1 aromatic rings. The maximum Gasteiger partial charge on any atom is 0.224 e. The number of nitrogens with one attached hydrogen (secondary N) is 1. The van der Waals surface area contributed by atoms with Crippen LogP contribution in [-0.2, 0) is 11.3 Å². The molecule has 4 nitrogen and oxygen atoms in total. The molecule has 0 bridgehead atoms. The van der Waals surface area contributed by atoms with Crippen LogP contribution in [0.25, 0.3) is 0 Å². The minimum atomic E-state index is 0. The third-order valence-corrected chi connectivity index (χ3v) is 5.09. The first-order valence-electron chi connectivity index (χ1n) is 8.67. The van der Waals surface area contributed by atoms with Crippen molar-refractivity contribution in [2.45, 2.75) is 38.6 Å². The summed E-state index contributed by atoms with van der Waals surface area (Å²) >= 11 is 2.02. The highest BCUT2D eigenvalue weighted by molar-refractivity contribution is 7.99. The van der Waals surface area contributed by atoms with E-state index >= 15 is 0 Å². The molecule has 1 saturated heterocycles. The number of rotatable bonds is 9. The van der Waals surface area contributed by atoms with Crippen LogP contribution in [0.2, 0.25) is 0 Å². The van der Waals surface area contributed by atoms with Gasteiger partial charge in [0.05, 0.1) is 0 Å². The number of unbranched alkanes of at least 4 members (excludes halogenated alkanes) is 3. The van der Waals surface area contributed by atoms with Crippen LogP contribution in [0.5, 0.6) is 0 Å². The lowest BCUT2D eigenvalue weighted by molar-refractivity contribution is -0.116. The van der Waals surface area contributed by atoms with Crippen molar-refractivity contribution < 1.29 is 4.79 Å². The first-order chi connectivity index (χ1) is 11.3. The Morgan fingerprint density at radius 2 is 1.76 bits per heavy atom. The van der Waals surface area contributed by atoms with E-state index in [1.165, 1.54) is 17.1 Å². The van der Waals surface area contributed by atoms with Gasteiger partial charge in [-0.3, -0.25) is 9.69 Å². The summed E-state index contributed by atoms with van der Waals surface area (Å²) in [5, 5.41) is 3.10. The van der Waals surface area contributed by atoms with Gasteiger partial charge in [0.15, 0.2) is 0 Å². The fraction of sp³-hybridized carbons (Fsp3) is 0.611. The Labute approximate surface area is 168 Å². The summed E-state index contributed by atoms with van der Waals surface area (Å²) in [6.07, 6.45) is 4.79. The number of hydrogen-bond donors (Lipinski definition) is 2. The smallest absolute Gasteiger partial charge is 0.224 e. The molecule has 1 aromatic carbocycles. The highest BCUT2D eigenvalue weighted by atomic mass is 35.5. The summed E-state index contributed by atoms with van der Waals surface area (Å²) in [4.78, 5) is 14.6. The standard InChI is InChI=1S/C18H29N3OS.2ClH/c19-10-6-2-1-3-9-18(22)20-17-8-5-4-7-16(17)15-21-11-13-23-14-12-21;;/h4-5,7-8H,1-3,6,9-15,19H2,(H,20,22);2*1H. The van der Waals surface area contributed by atoms with E-state index in [1.807, 2.05) is 23.9 Å². The summed E-state index contributed by atoms with van der Waals surface area (Å²) in [6.45, 7) is 3.93. The van der Waals surface area contributed by atoms with Crippen molar-refractivity contribution in [1.82, 2.24) is 4.90 Å². The summed E-state index contributed by atoms with van der Waals surface area (Å²) < 4.78 is 0. The van der Waals surface area contributed by atoms with Gasteiger partial charge in [-0.05, 0) is 31.0 Å². The molecule has 0 spiro atoms. The topological polar surface area (TPSA) is 58.4 Å². The molecule has 0 atom stereocenters. The van der Waals surface area contributed by atoms with Gasteiger partial charge in [0.25, 0.3) is 0 Å². The van der Waals surface area contributed by atoms with Crippen molar-refractivity contribution in [2.24, 2.45) is 5.73 Å². The van der Waals surface area contributed by atoms with E-state index in [0.717, 1.165) is 57.5 Å². The van der Waals surface area contributed by atoms with Crippen LogP contribution in [-0.4, -0.2) is 41.9 Å². The largest absolute Gasteiger partial charge is 0.330 e. The van der Waals surface area contributed by atoms with Crippen LogP contribution in [0.3, 0.4) is 0 Å². The van der Waals surface area contributed by atoms with Crippen LogP contribution in [0, 0.1) is 0 Å². The lowest BCUT2D eigenvalue weighted by atomic mass is 10.1. The van der Waals surface area contributed by atoms with Gasteiger partial charge in [-0.25, -0.2) is 0 Å². The number of carbonyl (C=O) groups is 1. The summed E-state index contributed by atoms with van der Waals surface area (Å²) in [5.41, 5.74) is 7.67. The molecule has 1 heterocycles. The number of carbonyl (C=O) groups excluding carboxylic acids is 1. The monoisotopic (exact) mass is 407 g/mol. The normalized spacial score (nSPS) is 14.3. The van der Waals surface area contributed by atoms with E-state index in [-0.39, 0.29) is 30.7 Å². The van der Waals surface area contributed by atoms with Crippen molar-refractivity contribution in [2.75, 3.05) is 36.5 Å². The number of thioether (sulfide) groups is 1. The molecule has 1 aliphatic rings. The van der Waals surface area contributed by atoms with Crippen molar-refractivity contribution in [3.05, 3.63) is 29.8 Å². The second-order valence-electron chi connectivity index (χ2n) is 6.05. The van der Waals surface area contributed by atoms with Gasteiger partial charge >= 0.3 is 0 Å². The Hall–Kier alpha value is -0.460. The van der Waals surface area contributed by atoms with Crippen molar-refractivity contribution >= 4 is 48.2 Å². The molecule has 0 radical (unpaired) electrons. The Morgan fingerprint density at radius 3 is 2.48 bits per heavy atom. The molecule has 2 rings (SSSR count). The molecular formula is C18H31Cl2N3OS. The van der Waals surface area contributed by atoms with Gasteiger partial charge in [0.1, 0.15) is 0 Å². The van der Waals surface area contributed by atoms with E-state index in [0.29, 0.717) is 6.42 Å². The van der Waals surface area contributed by atoms with Crippen molar-refractivity contribution in [1.29, 1.82) is 0 Å². The highest BCUT2D eigenvalue weighted by Crippen LogP contribution is 2.20. The minimum absolute atomic E-state index is 0. The minimum Gasteiger partial charge on any atom is -0.330 e. The summed E-state index contributed by atoms with van der Waals surface area (Å²) in [7, 11) is 0. The van der Waals surface area contributed by atoms with Crippen LogP contribution in [0.1, 0.15) is 37.7 Å². The van der Waals surface area contributed by atoms with Gasteiger partial charge in [-0.2, -0.15) is 11.8 Å².